The van der Waals surface area contributed by atoms with Crippen molar-refractivity contribution in [1.82, 2.24) is 20.5 Å². The van der Waals surface area contributed by atoms with Crippen LogP contribution in [0.5, 0.6) is 0 Å². The average Bonchev–Trinajstić information content (AvgIpc) is 3.09. The lowest BCUT2D eigenvalue weighted by Gasteiger charge is -2.26. The zero-order valence-electron chi connectivity index (χ0n) is 12.7. The van der Waals surface area contributed by atoms with Gasteiger partial charge in [0.15, 0.2) is 0 Å². The van der Waals surface area contributed by atoms with Crippen LogP contribution in [-0.2, 0) is 6.54 Å². The van der Waals surface area contributed by atoms with E-state index >= 15 is 0 Å². The van der Waals surface area contributed by atoms with Crippen molar-refractivity contribution in [3.63, 3.8) is 0 Å². The minimum atomic E-state index is 0.407. The van der Waals surface area contributed by atoms with E-state index in [-0.39, 0.29) is 0 Å². The molecular formula is C18H18N4S. The summed E-state index contributed by atoms with van der Waals surface area (Å²) in [5.74, 6) is 1.16. The van der Waals surface area contributed by atoms with E-state index in [9.17, 15) is 0 Å². The zero-order chi connectivity index (χ0) is 15.5. The summed E-state index contributed by atoms with van der Waals surface area (Å²) in [7, 11) is 0. The summed E-state index contributed by atoms with van der Waals surface area (Å²) in [6, 6.07) is 13.1. The molecule has 0 bridgehead atoms. The molecule has 4 rings (SSSR count). The van der Waals surface area contributed by atoms with Gasteiger partial charge in [-0.05, 0) is 35.9 Å². The molecule has 0 amide bonds. The molecule has 4 nitrogen and oxygen atoms in total. The first-order chi connectivity index (χ1) is 11.4. The summed E-state index contributed by atoms with van der Waals surface area (Å²) >= 11 is 1.95. The third kappa shape index (κ3) is 3.02. The molecule has 116 valence electrons. The highest BCUT2D eigenvalue weighted by Crippen LogP contribution is 2.36. The number of aromatic nitrogens is 3. The first kappa shape index (κ1) is 14.5. The molecular weight excluding hydrogens is 304 g/mol. The molecule has 0 radical (unpaired) electrons. The maximum absolute atomic E-state index is 4.21. The quantitative estimate of drug-likeness (QED) is 0.767. The van der Waals surface area contributed by atoms with Crippen LogP contribution < -0.4 is 5.32 Å². The third-order valence-corrected chi connectivity index (χ3v) is 5.29. The van der Waals surface area contributed by atoms with E-state index in [0.717, 1.165) is 30.0 Å². The molecule has 0 fully saturated rings. The number of benzene rings is 1. The fourth-order valence-corrected chi connectivity index (χ4v) is 4.12. The van der Waals surface area contributed by atoms with Crippen molar-refractivity contribution in [2.75, 3.05) is 5.75 Å². The highest BCUT2D eigenvalue weighted by molar-refractivity contribution is 7.99. The second kappa shape index (κ2) is 6.56. The molecule has 3 heterocycles. The van der Waals surface area contributed by atoms with Gasteiger partial charge in [0.1, 0.15) is 0 Å². The number of hydrogen-bond acceptors (Lipinski definition) is 4. The molecule has 0 spiro atoms. The van der Waals surface area contributed by atoms with Gasteiger partial charge < -0.3 is 5.32 Å². The van der Waals surface area contributed by atoms with Gasteiger partial charge in [-0.3, -0.25) is 10.1 Å². The van der Waals surface area contributed by atoms with Crippen molar-refractivity contribution in [1.29, 1.82) is 0 Å². The minimum absolute atomic E-state index is 0.407. The lowest BCUT2D eigenvalue weighted by atomic mass is 10.0. The van der Waals surface area contributed by atoms with Gasteiger partial charge in [0.25, 0.3) is 0 Å². The van der Waals surface area contributed by atoms with Crippen LogP contribution in [0, 0.1) is 0 Å². The first-order valence-electron chi connectivity index (χ1n) is 7.79. The Morgan fingerprint density at radius 3 is 3.04 bits per heavy atom. The molecule has 1 aromatic carbocycles. The molecule has 1 aliphatic heterocycles. The van der Waals surface area contributed by atoms with Crippen molar-refractivity contribution < 1.29 is 0 Å². The highest BCUT2D eigenvalue weighted by Gasteiger charge is 2.20. The number of pyridine rings is 1. The van der Waals surface area contributed by atoms with Crippen LogP contribution in [-0.4, -0.2) is 20.9 Å². The minimum Gasteiger partial charge on any atom is -0.306 e. The van der Waals surface area contributed by atoms with Gasteiger partial charge in [-0.15, -0.1) is 11.8 Å². The van der Waals surface area contributed by atoms with Crippen molar-refractivity contribution in [2.45, 2.75) is 23.9 Å². The predicted octanol–water partition coefficient (Wildman–Crippen LogP) is 3.80. The van der Waals surface area contributed by atoms with Crippen LogP contribution in [0.15, 0.2) is 59.9 Å². The summed E-state index contributed by atoms with van der Waals surface area (Å²) in [6.45, 7) is 0.796. The van der Waals surface area contributed by atoms with Gasteiger partial charge in [0.05, 0.1) is 11.9 Å². The van der Waals surface area contributed by atoms with E-state index in [2.05, 4.69) is 50.8 Å². The topological polar surface area (TPSA) is 53.6 Å². The Morgan fingerprint density at radius 2 is 2.13 bits per heavy atom. The summed E-state index contributed by atoms with van der Waals surface area (Å²) in [5.41, 5.74) is 4.70. The Kier molecular flexibility index (Phi) is 4.13. The summed E-state index contributed by atoms with van der Waals surface area (Å²) < 4.78 is 0. The van der Waals surface area contributed by atoms with Crippen LogP contribution in [0.2, 0.25) is 0 Å². The number of thioether (sulfide) groups is 1. The molecule has 0 saturated heterocycles. The fourth-order valence-electron chi connectivity index (χ4n) is 2.99. The molecule has 1 atom stereocenters. The van der Waals surface area contributed by atoms with E-state index in [1.165, 1.54) is 16.0 Å². The van der Waals surface area contributed by atoms with E-state index < -0.39 is 0 Å². The van der Waals surface area contributed by atoms with E-state index in [0.29, 0.717) is 6.04 Å². The maximum atomic E-state index is 4.21. The average molecular weight is 322 g/mol. The number of H-pyrrole nitrogens is 1. The molecule has 1 aliphatic rings. The number of aromatic amines is 1. The van der Waals surface area contributed by atoms with Gasteiger partial charge in [0.2, 0.25) is 0 Å². The molecule has 0 unspecified atom stereocenters. The first-order valence-corrected chi connectivity index (χ1v) is 8.78. The normalized spacial score (nSPS) is 17.0. The molecule has 2 aromatic heterocycles. The highest BCUT2D eigenvalue weighted by atomic mass is 32.2. The van der Waals surface area contributed by atoms with E-state index in [1.807, 2.05) is 30.2 Å². The summed E-state index contributed by atoms with van der Waals surface area (Å²) in [5, 5.41) is 11.0. The van der Waals surface area contributed by atoms with Crippen molar-refractivity contribution in [2.24, 2.45) is 0 Å². The molecule has 0 saturated carbocycles. The van der Waals surface area contributed by atoms with Gasteiger partial charge in [0, 0.05) is 41.0 Å². The van der Waals surface area contributed by atoms with Gasteiger partial charge >= 0.3 is 0 Å². The van der Waals surface area contributed by atoms with Crippen molar-refractivity contribution in [3.05, 3.63) is 66.1 Å². The van der Waals surface area contributed by atoms with E-state index in [4.69, 9.17) is 0 Å². The Hall–Kier alpha value is -2.11. The van der Waals surface area contributed by atoms with Crippen LogP contribution in [0.1, 0.15) is 23.6 Å². The Morgan fingerprint density at radius 1 is 1.17 bits per heavy atom. The lowest BCUT2D eigenvalue weighted by molar-refractivity contribution is 0.510. The molecule has 3 aromatic rings. The van der Waals surface area contributed by atoms with Crippen LogP contribution in [0.25, 0.3) is 11.3 Å². The van der Waals surface area contributed by atoms with Crippen LogP contribution in [0.3, 0.4) is 0 Å². The fraction of sp³-hybridized carbons (Fsp3) is 0.222. The molecule has 2 N–H and O–H groups in total. The predicted molar refractivity (Wildman–Crippen MR) is 93.2 cm³/mol. The molecule has 0 aliphatic carbocycles. The SMILES string of the molecule is c1cncc(-c2[nH]ncc2CN[C@H]2CCSc3ccccc32)c1. The van der Waals surface area contributed by atoms with Crippen LogP contribution >= 0.6 is 11.8 Å². The number of nitrogens with one attached hydrogen (secondary N) is 2. The maximum Gasteiger partial charge on any atom is 0.0710 e. The van der Waals surface area contributed by atoms with Gasteiger partial charge in [-0.2, -0.15) is 5.10 Å². The monoisotopic (exact) mass is 322 g/mol. The second-order valence-electron chi connectivity index (χ2n) is 5.62. The van der Waals surface area contributed by atoms with Gasteiger partial charge in [-0.1, -0.05) is 18.2 Å². The number of fused-ring (bicyclic) bond motifs is 1. The molecule has 5 heteroatoms. The third-order valence-electron chi connectivity index (χ3n) is 4.17. The Labute approximate surface area is 139 Å². The lowest BCUT2D eigenvalue weighted by Crippen LogP contribution is -2.24. The number of rotatable bonds is 4. The molecule has 23 heavy (non-hydrogen) atoms. The van der Waals surface area contributed by atoms with Crippen molar-refractivity contribution in [3.8, 4) is 11.3 Å². The smallest absolute Gasteiger partial charge is 0.0710 e. The number of nitrogens with zero attached hydrogens (tertiary/aromatic N) is 2. The summed E-state index contributed by atoms with van der Waals surface area (Å²) in [4.78, 5) is 5.59. The van der Waals surface area contributed by atoms with Crippen LogP contribution in [0.4, 0.5) is 0 Å². The number of hydrogen-bond donors (Lipinski definition) is 2. The Bertz CT molecular complexity index is 784. The van der Waals surface area contributed by atoms with Gasteiger partial charge in [-0.25, -0.2) is 0 Å². The van der Waals surface area contributed by atoms with E-state index in [1.54, 1.807) is 6.20 Å². The largest absolute Gasteiger partial charge is 0.306 e. The summed E-state index contributed by atoms with van der Waals surface area (Å²) in [6.07, 6.45) is 6.71. The second-order valence-corrected chi connectivity index (χ2v) is 6.76. The standard InChI is InChI=1S/C18H18N4S/c1-2-6-17-15(5-1)16(7-9-23-17)20-11-14-12-21-22-18(14)13-4-3-8-19-10-13/h1-6,8,10,12,16,20H,7,9,11H2,(H,21,22)/t16-/m0/s1. The van der Waals surface area contributed by atoms with Crippen molar-refractivity contribution >= 4 is 11.8 Å². The Balaban J connectivity index is 1.52. The zero-order valence-corrected chi connectivity index (χ0v) is 13.5.